The van der Waals surface area contributed by atoms with Crippen LogP contribution in [0.1, 0.15) is 11.1 Å². The van der Waals surface area contributed by atoms with E-state index in [2.05, 4.69) is 32.6 Å². The van der Waals surface area contributed by atoms with Crippen molar-refractivity contribution in [3.63, 3.8) is 0 Å². The van der Waals surface area contributed by atoms with Gasteiger partial charge in [0.2, 0.25) is 5.91 Å². The number of thiophene rings is 1. The number of amides is 1. The zero-order valence-corrected chi connectivity index (χ0v) is 19.5. The van der Waals surface area contributed by atoms with Crippen LogP contribution in [0.5, 0.6) is 0 Å². The number of nitrogens with zero attached hydrogens (tertiary/aromatic N) is 4. The lowest BCUT2D eigenvalue weighted by atomic mass is 10.2. The molecule has 3 heterocycles. The molecule has 4 rings (SSSR count). The lowest BCUT2D eigenvalue weighted by Gasteiger charge is -2.11. The van der Waals surface area contributed by atoms with Crippen molar-refractivity contribution in [2.45, 2.75) is 18.6 Å². The average Bonchev–Trinajstić information content (AvgIpc) is 3.43. The Bertz CT molecular complexity index is 1200. The van der Waals surface area contributed by atoms with Gasteiger partial charge in [0.1, 0.15) is 0 Å². The van der Waals surface area contributed by atoms with Gasteiger partial charge in [-0.3, -0.25) is 9.36 Å². The van der Waals surface area contributed by atoms with Crippen molar-refractivity contribution >= 4 is 58.0 Å². The van der Waals surface area contributed by atoms with Crippen LogP contribution in [0, 0.1) is 6.92 Å². The average molecular weight is 490 g/mol. The number of halogens is 2. The van der Waals surface area contributed by atoms with Crippen molar-refractivity contribution in [2.75, 3.05) is 11.1 Å². The number of carbonyl (C=O) groups is 1. The van der Waals surface area contributed by atoms with E-state index in [-0.39, 0.29) is 11.7 Å². The standard InChI is InChI=1S/C21H17Cl2N5OS2/c1-13-15(22)10-24-19(18(13)23)25-17(29)12-31-21-27-26-20(16-8-5-9-30-16)28(21)11-14-6-3-2-4-7-14/h2-10H,11-12H2,1H3,(H,24,25,29). The van der Waals surface area contributed by atoms with Crippen LogP contribution in [0.2, 0.25) is 10.0 Å². The van der Waals surface area contributed by atoms with Crippen LogP contribution < -0.4 is 5.32 Å². The first-order valence-corrected chi connectivity index (χ1v) is 11.9. The molecule has 158 valence electrons. The first-order chi connectivity index (χ1) is 15.0. The normalized spacial score (nSPS) is 10.9. The molecule has 0 spiro atoms. The van der Waals surface area contributed by atoms with Crippen molar-refractivity contribution in [1.29, 1.82) is 0 Å². The monoisotopic (exact) mass is 489 g/mol. The highest BCUT2D eigenvalue weighted by atomic mass is 35.5. The third-order valence-corrected chi connectivity index (χ3v) is 7.11. The Morgan fingerprint density at radius 2 is 1.97 bits per heavy atom. The summed E-state index contributed by atoms with van der Waals surface area (Å²) in [4.78, 5) is 17.6. The summed E-state index contributed by atoms with van der Waals surface area (Å²) < 4.78 is 2.02. The summed E-state index contributed by atoms with van der Waals surface area (Å²) in [6, 6.07) is 14.1. The van der Waals surface area contributed by atoms with E-state index in [1.165, 1.54) is 18.0 Å². The summed E-state index contributed by atoms with van der Waals surface area (Å²) in [5.74, 6) is 0.962. The van der Waals surface area contributed by atoms with Gasteiger partial charge in [-0.15, -0.1) is 21.5 Å². The van der Waals surface area contributed by atoms with E-state index in [4.69, 9.17) is 23.2 Å². The van der Waals surface area contributed by atoms with E-state index in [1.54, 1.807) is 18.3 Å². The van der Waals surface area contributed by atoms with Gasteiger partial charge in [0.25, 0.3) is 0 Å². The van der Waals surface area contributed by atoms with Crippen molar-refractivity contribution in [3.8, 4) is 10.7 Å². The van der Waals surface area contributed by atoms with E-state index >= 15 is 0 Å². The third-order valence-electron chi connectivity index (χ3n) is 4.43. The Hall–Kier alpha value is -2.39. The zero-order valence-electron chi connectivity index (χ0n) is 16.4. The quantitative estimate of drug-likeness (QED) is 0.332. The van der Waals surface area contributed by atoms with Gasteiger partial charge in [-0.2, -0.15) is 0 Å². The SMILES string of the molecule is Cc1c(Cl)cnc(NC(=O)CSc2nnc(-c3cccs3)n2Cc2ccccc2)c1Cl. The van der Waals surface area contributed by atoms with E-state index in [9.17, 15) is 4.79 Å². The van der Waals surface area contributed by atoms with E-state index < -0.39 is 0 Å². The molecular formula is C21H17Cl2N5OS2. The van der Waals surface area contributed by atoms with Crippen LogP contribution >= 0.6 is 46.3 Å². The lowest BCUT2D eigenvalue weighted by Crippen LogP contribution is -2.16. The molecule has 3 aromatic heterocycles. The minimum absolute atomic E-state index is 0.136. The number of rotatable bonds is 7. The molecule has 0 bridgehead atoms. The van der Waals surface area contributed by atoms with Crippen molar-refractivity contribution in [1.82, 2.24) is 19.7 Å². The maximum atomic E-state index is 12.5. The molecule has 0 aliphatic rings. The number of benzene rings is 1. The number of hydrogen-bond donors (Lipinski definition) is 1. The fourth-order valence-electron chi connectivity index (χ4n) is 2.83. The summed E-state index contributed by atoms with van der Waals surface area (Å²) in [6.45, 7) is 2.38. The van der Waals surface area contributed by atoms with Crippen molar-refractivity contribution in [3.05, 3.63) is 75.2 Å². The smallest absolute Gasteiger partial charge is 0.236 e. The molecule has 1 amide bonds. The molecule has 1 N–H and O–H groups in total. The Kier molecular flexibility index (Phi) is 6.92. The number of pyridine rings is 1. The predicted molar refractivity (Wildman–Crippen MR) is 127 cm³/mol. The van der Waals surface area contributed by atoms with Crippen LogP contribution in [0.3, 0.4) is 0 Å². The highest BCUT2D eigenvalue weighted by Gasteiger charge is 2.18. The Balaban J connectivity index is 1.52. The van der Waals surface area contributed by atoms with Crippen LogP contribution in [-0.4, -0.2) is 31.4 Å². The van der Waals surface area contributed by atoms with Crippen LogP contribution in [0.25, 0.3) is 10.7 Å². The molecule has 31 heavy (non-hydrogen) atoms. The fraction of sp³-hybridized carbons (Fsp3) is 0.143. The molecule has 0 aliphatic heterocycles. The Morgan fingerprint density at radius 1 is 1.16 bits per heavy atom. The molecule has 4 aromatic rings. The van der Waals surface area contributed by atoms with Crippen molar-refractivity contribution < 1.29 is 4.79 Å². The summed E-state index contributed by atoms with van der Waals surface area (Å²) in [7, 11) is 0. The predicted octanol–water partition coefficient (Wildman–Crippen LogP) is 5.80. The fourth-order valence-corrected chi connectivity index (χ4v) is 4.68. The maximum Gasteiger partial charge on any atom is 0.236 e. The molecular weight excluding hydrogens is 473 g/mol. The molecule has 0 saturated carbocycles. The van der Waals surface area contributed by atoms with Crippen LogP contribution in [0.4, 0.5) is 5.82 Å². The topological polar surface area (TPSA) is 72.7 Å². The third kappa shape index (κ3) is 5.10. The minimum Gasteiger partial charge on any atom is -0.309 e. The zero-order chi connectivity index (χ0) is 21.8. The molecule has 0 radical (unpaired) electrons. The minimum atomic E-state index is -0.243. The molecule has 0 aliphatic carbocycles. The second-order valence-corrected chi connectivity index (χ2v) is 9.26. The number of aromatic nitrogens is 4. The van der Waals surface area contributed by atoms with E-state index in [0.717, 1.165) is 16.3 Å². The second kappa shape index (κ2) is 9.82. The maximum absolute atomic E-state index is 12.5. The van der Waals surface area contributed by atoms with Gasteiger partial charge in [0.05, 0.1) is 27.2 Å². The summed E-state index contributed by atoms with van der Waals surface area (Å²) >= 11 is 15.2. The number of carbonyl (C=O) groups excluding carboxylic acids is 1. The number of anilines is 1. The van der Waals surface area contributed by atoms with Crippen molar-refractivity contribution in [2.24, 2.45) is 0 Å². The van der Waals surface area contributed by atoms with Gasteiger partial charge in [-0.25, -0.2) is 4.98 Å². The summed E-state index contributed by atoms with van der Waals surface area (Å²) in [5, 5.41) is 14.9. The largest absolute Gasteiger partial charge is 0.309 e. The molecule has 6 nitrogen and oxygen atoms in total. The Morgan fingerprint density at radius 3 is 2.71 bits per heavy atom. The van der Waals surface area contributed by atoms with Gasteiger partial charge < -0.3 is 5.32 Å². The molecule has 0 unspecified atom stereocenters. The number of nitrogens with one attached hydrogen (secondary N) is 1. The highest BCUT2D eigenvalue weighted by Crippen LogP contribution is 2.30. The molecule has 0 atom stereocenters. The van der Waals surface area contributed by atoms with Gasteiger partial charge >= 0.3 is 0 Å². The lowest BCUT2D eigenvalue weighted by molar-refractivity contribution is -0.113. The molecule has 10 heteroatoms. The van der Waals surface area contributed by atoms with Crippen LogP contribution in [-0.2, 0) is 11.3 Å². The van der Waals surface area contributed by atoms with E-state index in [0.29, 0.717) is 33.1 Å². The summed E-state index contributed by atoms with van der Waals surface area (Å²) in [5.41, 5.74) is 1.79. The number of thioether (sulfide) groups is 1. The van der Waals surface area contributed by atoms with Gasteiger partial charge in [0, 0.05) is 6.20 Å². The highest BCUT2D eigenvalue weighted by molar-refractivity contribution is 7.99. The first kappa shape index (κ1) is 21.8. The van der Waals surface area contributed by atoms with Gasteiger partial charge in [0.15, 0.2) is 16.8 Å². The Labute approximate surface area is 197 Å². The summed E-state index contributed by atoms with van der Waals surface area (Å²) in [6.07, 6.45) is 1.47. The first-order valence-electron chi connectivity index (χ1n) is 9.27. The van der Waals surface area contributed by atoms with E-state index in [1.807, 2.05) is 40.3 Å². The molecule has 1 aromatic carbocycles. The molecule has 0 saturated heterocycles. The van der Waals surface area contributed by atoms with Gasteiger partial charge in [-0.05, 0) is 29.5 Å². The van der Waals surface area contributed by atoms with Crippen LogP contribution in [0.15, 0.2) is 59.2 Å². The molecule has 0 fully saturated rings. The van der Waals surface area contributed by atoms with Gasteiger partial charge in [-0.1, -0.05) is 71.4 Å². The number of hydrogen-bond acceptors (Lipinski definition) is 6. The second-order valence-electron chi connectivity index (χ2n) is 6.59.